The molecule has 0 unspecified atom stereocenters. The van der Waals surface area contributed by atoms with Crippen LogP contribution in [-0.2, 0) is 4.74 Å². The number of ether oxygens (including phenoxy) is 1. The Labute approximate surface area is 86.8 Å². The molecule has 0 spiro atoms. The summed E-state index contributed by atoms with van der Waals surface area (Å²) in [5, 5.41) is 13.0. The van der Waals surface area contributed by atoms with E-state index in [1.165, 1.54) is 6.42 Å². The predicted molar refractivity (Wildman–Crippen MR) is 57.4 cm³/mol. The van der Waals surface area contributed by atoms with E-state index in [1.54, 1.807) is 0 Å². The van der Waals surface area contributed by atoms with Gasteiger partial charge in [-0.05, 0) is 46.1 Å². The van der Waals surface area contributed by atoms with Gasteiger partial charge in [-0.2, -0.15) is 0 Å². The van der Waals surface area contributed by atoms with Crippen molar-refractivity contribution in [1.29, 1.82) is 0 Å². The lowest BCUT2D eigenvalue weighted by atomic mass is 9.80. The van der Waals surface area contributed by atoms with Crippen LogP contribution in [0.3, 0.4) is 0 Å². The van der Waals surface area contributed by atoms with Crippen molar-refractivity contribution < 1.29 is 9.84 Å². The van der Waals surface area contributed by atoms with Crippen LogP contribution < -0.4 is 5.32 Å². The van der Waals surface area contributed by atoms with Crippen LogP contribution in [0, 0.1) is 0 Å². The topological polar surface area (TPSA) is 41.5 Å². The lowest BCUT2D eigenvalue weighted by Crippen LogP contribution is -2.46. The highest BCUT2D eigenvalue weighted by Crippen LogP contribution is 2.30. The summed E-state index contributed by atoms with van der Waals surface area (Å²) in [6, 6.07) is 0. The molecule has 0 amide bonds. The van der Waals surface area contributed by atoms with E-state index in [0.717, 1.165) is 39.0 Å². The van der Waals surface area contributed by atoms with Gasteiger partial charge in [-0.25, -0.2) is 0 Å². The van der Waals surface area contributed by atoms with Gasteiger partial charge in [-0.15, -0.1) is 0 Å². The van der Waals surface area contributed by atoms with Crippen LogP contribution in [0.1, 0.15) is 39.5 Å². The number of rotatable bonds is 7. The second-order valence-electron chi connectivity index (χ2n) is 4.53. The molecule has 0 aromatic heterocycles. The molecule has 84 valence electrons. The molecule has 0 radical (unpaired) electrons. The quantitative estimate of drug-likeness (QED) is 0.610. The van der Waals surface area contributed by atoms with Crippen LogP contribution in [0.4, 0.5) is 0 Å². The number of hydrogen-bond acceptors (Lipinski definition) is 3. The molecule has 0 aromatic rings. The first-order chi connectivity index (χ1) is 6.62. The Kier molecular flexibility index (Phi) is 4.85. The van der Waals surface area contributed by atoms with E-state index in [1.807, 2.05) is 13.8 Å². The third-order valence-electron chi connectivity index (χ3n) is 2.69. The number of hydrogen-bond donors (Lipinski definition) is 2. The monoisotopic (exact) mass is 201 g/mol. The first kappa shape index (κ1) is 12.0. The lowest BCUT2D eigenvalue weighted by Gasteiger charge is -2.36. The molecule has 1 aliphatic carbocycles. The standard InChI is InChI=1S/C11H23NO2/c1-10(2)14-8-4-7-12-9-11(13)5-3-6-11/h10,12-13H,3-9H2,1-2H3. The van der Waals surface area contributed by atoms with Gasteiger partial charge in [0.05, 0.1) is 11.7 Å². The van der Waals surface area contributed by atoms with Crippen LogP contribution in [0.25, 0.3) is 0 Å². The molecule has 14 heavy (non-hydrogen) atoms. The SMILES string of the molecule is CC(C)OCCCNCC1(O)CCC1. The van der Waals surface area contributed by atoms with Crippen LogP contribution in [0.15, 0.2) is 0 Å². The Morgan fingerprint density at radius 1 is 1.43 bits per heavy atom. The highest BCUT2D eigenvalue weighted by molar-refractivity contribution is 4.89. The summed E-state index contributed by atoms with van der Waals surface area (Å²) >= 11 is 0. The van der Waals surface area contributed by atoms with Crippen LogP contribution in [0.2, 0.25) is 0 Å². The first-order valence-corrected chi connectivity index (χ1v) is 5.67. The molecule has 1 rings (SSSR count). The molecule has 1 fully saturated rings. The molecule has 0 aromatic carbocycles. The van der Waals surface area contributed by atoms with Crippen molar-refractivity contribution in [3.63, 3.8) is 0 Å². The second kappa shape index (κ2) is 5.69. The summed E-state index contributed by atoms with van der Waals surface area (Å²) in [6.07, 6.45) is 4.44. The average molecular weight is 201 g/mol. The molecule has 0 aliphatic heterocycles. The van der Waals surface area contributed by atoms with Crippen LogP contribution in [0.5, 0.6) is 0 Å². The van der Waals surface area contributed by atoms with Crippen molar-refractivity contribution >= 4 is 0 Å². The Bertz CT molecular complexity index is 155. The third-order valence-corrected chi connectivity index (χ3v) is 2.69. The summed E-state index contributed by atoms with van der Waals surface area (Å²) in [5.74, 6) is 0. The van der Waals surface area contributed by atoms with Gasteiger partial charge >= 0.3 is 0 Å². The molecular formula is C11H23NO2. The average Bonchev–Trinajstić information content (AvgIpc) is 2.07. The molecular weight excluding hydrogens is 178 g/mol. The van der Waals surface area contributed by atoms with Crippen LogP contribution >= 0.6 is 0 Å². The van der Waals surface area contributed by atoms with Gasteiger partial charge in [0.1, 0.15) is 0 Å². The minimum atomic E-state index is -0.390. The Hall–Kier alpha value is -0.120. The highest BCUT2D eigenvalue weighted by Gasteiger charge is 2.33. The second-order valence-corrected chi connectivity index (χ2v) is 4.53. The van der Waals surface area contributed by atoms with Crippen molar-refractivity contribution in [3.8, 4) is 0 Å². The molecule has 3 heteroatoms. The lowest BCUT2D eigenvalue weighted by molar-refractivity contribution is -0.0315. The Balaban J connectivity index is 1.84. The summed E-state index contributed by atoms with van der Waals surface area (Å²) in [6.45, 7) is 6.59. The summed E-state index contributed by atoms with van der Waals surface area (Å²) < 4.78 is 5.41. The maximum absolute atomic E-state index is 9.76. The maximum Gasteiger partial charge on any atom is 0.0771 e. The minimum absolute atomic E-state index is 0.325. The maximum atomic E-state index is 9.76. The molecule has 0 atom stereocenters. The van der Waals surface area contributed by atoms with Gasteiger partial charge in [0.2, 0.25) is 0 Å². The predicted octanol–water partition coefficient (Wildman–Crippen LogP) is 1.31. The first-order valence-electron chi connectivity index (χ1n) is 5.67. The molecule has 0 heterocycles. The van der Waals surface area contributed by atoms with E-state index in [-0.39, 0.29) is 5.60 Å². The molecule has 2 N–H and O–H groups in total. The van der Waals surface area contributed by atoms with Gasteiger partial charge in [-0.1, -0.05) is 0 Å². The minimum Gasteiger partial charge on any atom is -0.389 e. The van der Waals surface area contributed by atoms with Gasteiger partial charge in [0.15, 0.2) is 0 Å². The fourth-order valence-electron chi connectivity index (χ4n) is 1.60. The molecule has 0 bridgehead atoms. The van der Waals surface area contributed by atoms with E-state index in [2.05, 4.69) is 5.32 Å². The summed E-state index contributed by atoms with van der Waals surface area (Å²) in [7, 11) is 0. The van der Waals surface area contributed by atoms with Gasteiger partial charge < -0.3 is 15.2 Å². The van der Waals surface area contributed by atoms with E-state index in [4.69, 9.17) is 4.74 Å². The van der Waals surface area contributed by atoms with E-state index in [9.17, 15) is 5.11 Å². The van der Waals surface area contributed by atoms with Gasteiger partial charge in [0.25, 0.3) is 0 Å². The largest absolute Gasteiger partial charge is 0.389 e. The molecule has 1 aliphatic rings. The summed E-state index contributed by atoms with van der Waals surface area (Å²) in [5.41, 5.74) is -0.390. The summed E-state index contributed by atoms with van der Waals surface area (Å²) in [4.78, 5) is 0. The van der Waals surface area contributed by atoms with Gasteiger partial charge in [0, 0.05) is 13.2 Å². The number of nitrogens with one attached hydrogen (secondary N) is 1. The molecule has 0 saturated heterocycles. The van der Waals surface area contributed by atoms with Crippen molar-refractivity contribution in [3.05, 3.63) is 0 Å². The van der Waals surface area contributed by atoms with Crippen molar-refractivity contribution in [2.75, 3.05) is 19.7 Å². The third kappa shape index (κ3) is 4.40. The zero-order valence-corrected chi connectivity index (χ0v) is 9.38. The number of aliphatic hydroxyl groups is 1. The van der Waals surface area contributed by atoms with Gasteiger partial charge in [-0.3, -0.25) is 0 Å². The Morgan fingerprint density at radius 2 is 2.14 bits per heavy atom. The van der Waals surface area contributed by atoms with Crippen molar-refractivity contribution in [1.82, 2.24) is 5.32 Å². The zero-order valence-electron chi connectivity index (χ0n) is 9.38. The van der Waals surface area contributed by atoms with Crippen molar-refractivity contribution in [2.45, 2.75) is 51.2 Å². The van der Waals surface area contributed by atoms with E-state index >= 15 is 0 Å². The smallest absolute Gasteiger partial charge is 0.0771 e. The van der Waals surface area contributed by atoms with E-state index < -0.39 is 0 Å². The zero-order chi connectivity index (χ0) is 10.4. The highest BCUT2D eigenvalue weighted by atomic mass is 16.5. The molecule has 3 nitrogen and oxygen atoms in total. The Morgan fingerprint density at radius 3 is 2.64 bits per heavy atom. The molecule has 1 saturated carbocycles. The van der Waals surface area contributed by atoms with Crippen LogP contribution in [-0.4, -0.2) is 36.5 Å². The van der Waals surface area contributed by atoms with Crippen molar-refractivity contribution in [2.24, 2.45) is 0 Å². The normalized spacial score (nSPS) is 19.7. The fraction of sp³-hybridized carbons (Fsp3) is 1.00. The fourth-order valence-corrected chi connectivity index (χ4v) is 1.60. The van der Waals surface area contributed by atoms with E-state index in [0.29, 0.717) is 6.10 Å².